The molecule has 0 amide bonds. The lowest BCUT2D eigenvalue weighted by Crippen LogP contribution is -2.53. The Morgan fingerprint density at radius 1 is 1.03 bits per heavy atom. The van der Waals surface area contributed by atoms with Gasteiger partial charge in [0.2, 0.25) is 0 Å². The largest absolute Gasteiger partial charge is 0.489 e. The molecule has 0 unspecified atom stereocenters. The quantitative estimate of drug-likeness (QED) is 0.604. The third-order valence-corrected chi connectivity index (χ3v) is 6.53. The molecule has 5 rings (SSSR count). The van der Waals surface area contributed by atoms with Gasteiger partial charge in [-0.25, -0.2) is 14.6 Å². The summed E-state index contributed by atoms with van der Waals surface area (Å²) in [6.45, 7) is 17.5. The maximum absolute atomic E-state index is 6.00. The highest BCUT2D eigenvalue weighted by atomic mass is 16.5. The Hall–Kier alpha value is -2.78. The monoisotopic (exact) mass is 450 g/mol. The molecule has 0 bridgehead atoms. The fraction of sp³-hybridized carbons (Fsp3) is 0.583. The number of ether oxygens (including phenoxy) is 1. The van der Waals surface area contributed by atoms with Gasteiger partial charge in [0.05, 0.1) is 24.0 Å². The van der Waals surface area contributed by atoms with Gasteiger partial charge in [0.1, 0.15) is 30.2 Å². The van der Waals surface area contributed by atoms with E-state index >= 15 is 0 Å². The van der Waals surface area contributed by atoms with E-state index in [1.54, 1.807) is 6.33 Å². The molecule has 5 heterocycles. The van der Waals surface area contributed by atoms with Crippen LogP contribution in [0.5, 0.6) is 5.75 Å². The Labute approximate surface area is 195 Å². The number of piperazine rings is 1. The van der Waals surface area contributed by atoms with Crippen LogP contribution < -0.4 is 4.74 Å². The molecule has 3 aromatic rings. The molecule has 0 N–H and O–H groups in total. The van der Waals surface area contributed by atoms with Crippen LogP contribution in [0, 0.1) is 0 Å². The predicted molar refractivity (Wildman–Crippen MR) is 127 cm³/mol. The Kier molecular flexibility index (Phi) is 5.70. The van der Waals surface area contributed by atoms with Crippen molar-refractivity contribution in [1.29, 1.82) is 0 Å². The zero-order chi connectivity index (χ0) is 23.2. The summed E-state index contributed by atoms with van der Waals surface area (Å²) in [5.74, 6) is 2.48. The first-order chi connectivity index (χ1) is 15.8. The van der Waals surface area contributed by atoms with Crippen LogP contribution in [0.4, 0.5) is 0 Å². The van der Waals surface area contributed by atoms with Crippen molar-refractivity contribution in [2.75, 3.05) is 32.8 Å². The Morgan fingerprint density at radius 2 is 1.82 bits per heavy atom. The molecule has 1 fully saturated rings. The predicted octanol–water partition coefficient (Wildman–Crippen LogP) is 3.09. The topological polar surface area (TPSA) is 77.1 Å². The van der Waals surface area contributed by atoms with E-state index in [1.165, 1.54) is 0 Å². The maximum Gasteiger partial charge on any atom is 0.178 e. The summed E-state index contributed by atoms with van der Waals surface area (Å²) in [4.78, 5) is 19.2. The highest BCUT2D eigenvalue weighted by Gasteiger charge is 2.27. The molecule has 0 spiro atoms. The molecule has 33 heavy (non-hydrogen) atoms. The highest BCUT2D eigenvalue weighted by molar-refractivity contribution is 5.68. The molecule has 0 aromatic carbocycles. The van der Waals surface area contributed by atoms with Crippen LogP contribution in [0.15, 0.2) is 24.8 Å². The molecule has 0 atom stereocenters. The first-order valence-corrected chi connectivity index (χ1v) is 11.9. The van der Waals surface area contributed by atoms with Gasteiger partial charge in [0.15, 0.2) is 5.82 Å². The van der Waals surface area contributed by atoms with Crippen molar-refractivity contribution in [2.24, 2.45) is 0 Å². The molecule has 3 aromatic heterocycles. The number of hydrogen-bond donors (Lipinski definition) is 0. The summed E-state index contributed by atoms with van der Waals surface area (Å²) >= 11 is 0. The molecule has 2 aliphatic rings. The number of rotatable bonds is 4. The average molecular weight is 451 g/mol. The fourth-order valence-corrected chi connectivity index (χ4v) is 4.64. The number of pyridine rings is 1. The lowest BCUT2D eigenvalue weighted by Gasteiger charge is -2.42. The number of hydrogen-bond acceptors (Lipinski definition) is 7. The molecule has 0 saturated carbocycles. The van der Waals surface area contributed by atoms with E-state index in [2.05, 4.69) is 71.3 Å². The van der Waals surface area contributed by atoms with Gasteiger partial charge in [0.25, 0.3) is 0 Å². The van der Waals surface area contributed by atoms with Crippen LogP contribution in [0.25, 0.3) is 22.9 Å². The third-order valence-electron chi connectivity index (χ3n) is 6.53. The minimum atomic E-state index is 0.217. The molecule has 9 nitrogen and oxygen atoms in total. The first-order valence-electron chi connectivity index (χ1n) is 11.9. The second kappa shape index (κ2) is 8.53. The minimum Gasteiger partial charge on any atom is -0.489 e. The molecule has 176 valence electrons. The van der Waals surface area contributed by atoms with E-state index in [0.717, 1.165) is 73.6 Å². The Bertz CT molecular complexity index is 1120. The Morgan fingerprint density at radius 3 is 2.55 bits per heavy atom. The average Bonchev–Trinajstić information content (AvgIpc) is 3.38. The highest BCUT2D eigenvalue weighted by Crippen LogP contribution is 2.34. The number of aromatic nitrogens is 6. The summed E-state index contributed by atoms with van der Waals surface area (Å²) < 4.78 is 10.1. The van der Waals surface area contributed by atoms with Crippen molar-refractivity contribution >= 4 is 0 Å². The van der Waals surface area contributed by atoms with Gasteiger partial charge in [-0.1, -0.05) is 0 Å². The van der Waals surface area contributed by atoms with Gasteiger partial charge in [-0.15, -0.1) is 0 Å². The van der Waals surface area contributed by atoms with E-state index in [9.17, 15) is 0 Å². The summed E-state index contributed by atoms with van der Waals surface area (Å²) in [5.41, 5.74) is 3.10. The number of nitrogens with zero attached hydrogens (tertiary/aromatic N) is 8. The second-order valence-corrected chi connectivity index (χ2v) is 10.2. The molecule has 1 saturated heterocycles. The third kappa shape index (κ3) is 4.39. The van der Waals surface area contributed by atoms with Gasteiger partial charge in [-0.2, -0.15) is 5.10 Å². The van der Waals surface area contributed by atoms with Crippen LogP contribution in [0.2, 0.25) is 0 Å². The van der Waals surface area contributed by atoms with Gasteiger partial charge in [-0.05, 0) is 40.7 Å². The summed E-state index contributed by atoms with van der Waals surface area (Å²) in [6.07, 6.45) is 5.51. The molecule has 9 heteroatoms. The zero-order valence-electron chi connectivity index (χ0n) is 20.3. The van der Waals surface area contributed by atoms with Crippen molar-refractivity contribution in [2.45, 2.75) is 59.3 Å². The van der Waals surface area contributed by atoms with Gasteiger partial charge in [-0.3, -0.25) is 14.8 Å². The molecular formula is C24H34N8O. The standard InChI is InChI=1S/C24H34N8O/c1-17(2)32-23(26-16-27-32)20-15-30-10-11-33-21-13-25-18(12-19(21)22(30)28-20)14-29-6-8-31(9-7-29)24(3,4)5/h12-13,15-17H,6-11,14H2,1-5H3. The normalized spacial score (nSPS) is 17.5. The lowest BCUT2D eigenvalue weighted by molar-refractivity contribution is 0.0586. The van der Waals surface area contributed by atoms with E-state index in [-0.39, 0.29) is 11.6 Å². The number of imidazole rings is 1. The van der Waals surface area contributed by atoms with Crippen molar-refractivity contribution in [3.8, 4) is 28.7 Å². The molecule has 0 radical (unpaired) electrons. The van der Waals surface area contributed by atoms with E-state index in [4.69, 9.17) is 14.7 Å². The second-order valence-electron chi connectivity index (χ2n) is 10.2. The minimum absolute atomic E-state index is 0.217. The molecular weight excluding hydrogens is 416 g/mol. The number of fused-ring (bicyclic) bond motifs is 3. The molecule has 0 aliphatic carbocycles. The van der Waals surface area contributed by atoms with Gasteiger partial charge >= 0.3 is 0 Å². The van der Waals surface area contributed by atoms with Gasteiger partial charge in [0, 0.05) is 50.5 Å². The van der Waals surface area contributed by atoms with Crippen LogP contribution in [-0.4, -0.2) is 77.4 Å². The summed E-state index contributed by atoms with van der Waals surface area (Å²) in [7, 11) is 0. The Balaban J connectivity index is 1.40. The maximum atomic E-state index is 6.00. The van der Waals surface area contributed by atoms with Crippen molar-refractivity contribution in [1.82, 2.24) is 39.1 Å². The molecule has 2 aliphatic heterocycles. The first kappa shape index (κ1) is 22.0. The lowest BCUT2D eigenvalue weighted by atomic mass is 10.0. The van der Waals surface area contributed by atoms with Gasteiger partial charge < -0.3 is 9.30 Å². The smallest absolute Gasteiger partial charge is 0.178 e. The van der Waals surface area contributed by atoms with Crippen molar-refractivity contribution in [3.63, 3.8) is 0 Å². The van der Waals surface area contributed by atoms with Crippen molar-refractivity contribution in [3.05, 3.63) is 30.5 Å². The van der Waals surface area contributed by atoms with Crippen LogP contribution >= 0.6 is 0 Å². The van der Waals surface area contributed by atoms with E-state index < -0.39 is 0 Å². The van der Waals surface area contributed by atoms with Crippen molar-refractivity contribution < 1.29 is 4.74 Å². The van der Waals surface area contributed by atoms with Crippen LogP contribution in [0.1, 0.15) is 46.4 Å². The zero-order valence-corrected chi connectivity index (χ0v) is 20.3. The van der Waals surface area contributed by atoms with E-state index in [0.29, 0.717) is 6.61 Å². The van der Waals surface area contributed by atoms with Crippen LogP contribution in [0.3, 0.4) is 0 Å². The van der Waals surface area contributed by atoms with E-state index in [1.807, 2.05) is 10.9 Å². The summed E-state index contributed by atoms with van der Waals surface area (Å²) in [6, 6.07) is 2.36. The summed E-state index contributed by atoms with van der Waals surface area (Å²) in [5, 5.41) is 4.37. The van der Waals surface area contributed by atoms with Crippen LogP contribution in [-0.2, 0) is 13.1 Å². The fourth-order valence-electron chi connectivity index (χ4n) is 4.64. The SMILES string of the molecule is CC(C)n1ncnc1-c1cn2c(n1)-c1cc(CN3CCN(C(C)(C)C)CC3)ncc1OCC2.